The number of anilines is 1. The van der Waals surface area contributed by atoms with Crippen LogP contribution in [0.15, 0.2) is 47.6 Å². The Bertz CT molecular complexity index is 867. The van der Waals surface area contributed by atoms with Gasteiger partial charge >= 0.3 is 0 Å². The molecule has 0 spiro atoms. The SMILES string of the molecule is CN=C(NCc1ccc(OC)cc1)NCc1cccnc1N1CCC(C(N)=O)CC1.I. The number of hydrogen-bond acceptors (Lipinski definition) is 5. The molecule has 1 aromatic heterocycles. The fraction of sp³-hybridized carbons (Fsp3) is 0.409. The molecule has 0 aliphatic carbocycles. The van der Waals surface area contributed by atoms with Crippen molar-refractivity contribution in [1.82, 2.24) is 15.6 Å². The van der Waals surface area contributed by atoms with Gasteiger partial charge < -0.3 is 26.0 Å². The quantitative estimate of drug-likeness (QED) is 0.284. The molecule has 2 heterocycles. The third-order valence-corrected chi connectivity index (χ3v) is 5.35. The molecule has 0 atom stereocenters. The average molecular weight is 538 g/mol. The molecular weight excluding hydrogens is 507 g/mol. The Labute approximate surface area is 200 Å². The number of hydrogen-bond donors (Lipinski definition) is 3. The lowest BCUT2D eigenvalue weighted by Crippen LogP contribution is -2.40. The maximum absolute atomic E-state index is 11.4. The van der Waals surface area contributed by atoms with E-state index >= 15 is 0 Å². The number of nitrogens with two attached hydrogens (primary N) is 1. The number of carbonyl (C=O) groups excluding carboxylic acids is 1. The Kier molecular flexibility index (Phi) is 9.83. The van der Waals surface area contributed by atoms with Crippen molar-refractivity contribution in [2.24, 2.45) is 16.6 Å². The average Bonchev–Trinajstić information content (AvgIpc) is 2.80. The van der Waals surface area contributed by atoms with E-state index in [1.807, 2.05) is 30.3 Å². The molecule has 0 bridgehead atoms. The molecule has 168 valence electrons. The van der Waals surface area contributed by atoms with E-state index in [9.17, 15) is 4.79 Å². The van der Waals surface area contributed by atoms with Crippen LogP contribution in [0.4, 0.5) is 5.82 Å². The summed E-state index contributed by atoms with van der Waals surface area (Å²) in [6.07, 6.45) is 3.34. The summed E-state index contributed by atoms with van der Waals surface area (Å²) in [6, 6.07) is 11.9. The molecule has 1 aliphatic rings. The molecule has 1 aromatic carbocycles. The van der Waals surface area contributed by atoms with Crippen LogP contribution in [-0.4, -0.2) is 44.1 Å². The zero-order valence-electron chi connectivity index (χ0n) is 18.0. The summed E-state index contributed by atoms with van der Waals surface area (Å²) in [6.45, 7) is 2.82. The van der Waals surface area contributed by atoms with Crippen LogP contribution in [-0.2, 0) is 17.9 Å². The third kappa shape index (κ3) is 6.98. The van der Waals surface area contributed by atoms with Crippen molar-refractivity contribution < 1.29 is 9.53 Å². The molecule has 31 heavy (non-hydrogen) atoms. The normalized spacial score (nSPS) is 14.5. The zero-order chi connectivity index (χ0) is 21.3. The molecular formula is C22H31IN6O2. The van der Waals surface area contributed by atoms with Crippen molar-refractivity contribution >= 4 is 41.7 Å². The largest absolute Gasteiger partial charge is 0.497 e. The van der Waals surface area contributed by atoms with Crippen molar-refractivity contribution in [2.75, 3.05) is 32.1 Å². The second kappa shape index (κ2) is 12.3. The second-order valence-corrected chi connectivity index (χ2v) is 7.28. The van der Waals surface area contributed by atoms with Crippen LogP contribution in [0.2, 0.25) is 0 Å². The Morgan fingerprint density at radius 1 is 1.19 bits per heavy atom. The highest BCUT2D eigenvalue weighted by Gasteiger charge is 2.24. The molecule has 9 heteroatoms. The summed E-state index contributed by atoms with van der Waals surface area (Å²) in [5.74, 6) is 2.26. The van der Waals surface area contributed by atoms with Crippen molar-refractivity contribution in [3.8, 4) is 5.75 Å². The van der Waals surface area contributed by atoms with Gasteiger partial charge in [-0.1, -0.05) is 18.2 Å². The number of halogens is 1. The predicted octanol–water partition coefficient (Wildman–Crippen LogP) is 2.28. The van der Waals surface area contributed by atoms with Gasteiger partial charge in [-0.2, -0.15) is 0 Å². The fourth-order valence-electron chi connectivity index (χ4n) is 3.56. The first-order chi connectivity index (χ1) is 14.6. The smallest absolute Gasteiger partial charge is 0.220 e. The molecule has 8 nitrogen and oxygen atoms in total. The number of rotatable bonds is 7. The van der Waals surface area contributed by atoms with Crippen LogP contribution >= 0.6 is 24.0 Å². The van der Waals surface area contributed by atoms with E-state index in [1.165, 1.54) is 0 Å². The molecule has 1 fully saturated rings. The number of aliphatic imine (C=N–C) groups is 1. The van der Waals surface area contributed by atoms with Gasteiger partial charge in [0.15, 0.2) is 5.96 Å². The molecule has 1 amide bonds. The number of pyridine rings is 1. The standard InChI is InChI=1S/C22H30N6O2.HI/c1-24-22(26-14-16-5-7-19(30-2)8-6-16)27-15-18-4-3-11-25-21(18)28-12-9-17(10-13-28)20(23)29;/h3-8,11,17H,9-10,12-15H2,1-2H3,(H2,23,29)(H2,24,26,27);1H. The van der Waals surface area contributed by atoms with Crippen LogP contribution < -0.4 is 26.0 Å². The molecule has 0 radical (unpaired) electrons. The van der Waals surface area contributed by atoms with Crippen molar-refractivity contribution in [3.05, 3.63) is 53.7 Å². The number of aromatic nitrogens is 1. The van der Waals surface area contributed by atoms with E-state index < -0.39 is 0 Å². The number of nitrogens with one attached hydrogen (secondary N) is 2. The van der Waals surface area contributed by atoms with Gasteiger partial charge in [-0.3, -0.25) is 9.79 Å². The van der Waals surface area contributed by atoms with Gasteiger partial charge in [0.25, 0.3) is 0 Å². The Hall–Kier alpha value is -2.56. The minimum absolute atomic E-state index is 0. The molecule has 1 aliphatic heterocycles. The molecule has 4 N–H and O–H groups in total. The maximum Gasteiger partial charge on any atom is 0.220 e. The number of ether oxygens (including phenoxy) is 1. The van der Waals surface area contributed by atoms with E-state index in [2.05, 4.69) is 31.6 Å². The number of guanidine groups is 1. The van der Waals surface area contributed by atoms with Gasteiger partial charge in [0.1, 0.15) is 11.6 Å². The lowest BCUT2D eigenvalue weighted by atomic mass is 9.96. The summed E-state index contributed by atoms with van der Waals surface area (Å²) in [7, 11) is 3.41. The minimum atomic E-state index is -0.204. The summed E-state index contributed by atoms with van der Waals surface area (Å²) in [5, 5.41) is 6.68. The van der Waals surface area contributed by atoms with Crippen molar-refractivity contribution in [1.29, 1.82) is 0 Å². The molecule has 2 aromatic rings. The number of methoxy groups -OCH3 is 1. The van der Waals surface area contributed by atoms with Gasteiger partial charge in [-0.25, -0.2) is 4.98 Å². The van der Waals surface area contributed by atoms with Crippen LogP contribution in [0.5, 0.6) is 5.75 Å². The third-order valence-electron chi connectivity index (χ3n) is 5.35. The van der Waals surface area contributed by atoms with Crippen molar-refractivity contribution in [2.45, 2.75) is 25.9 Å². The first-order valence-corrected chi connectivity index (χ1v) is 10.2. The Morgan fingerprint density at radius 3 is 2.48 bits per heavy atom. The van der Waals surface area contributed by atoms with E-state index in [1.54, 1.807) is 20.4 Å². The fourth-order valence-corrected chi connectivity index (χ4v) is 3.56. The van der Waals surface area contributed by atoms with E-state index in [0.29, 0.717) is 19.0 Å². The molecule has 0 unspecified atom stereocenters. The number of carbonyl (C=O) groups is 1. The number of primary amides is 1. The topological polar surface area (TPSA) is 105 Å². The zero-order valence-corrected chi connectivity index (χ0v) is 20.3. The first kappa shape index (κ1) is 24.7. The lowest BCUT2D eigenvalue weighted by molar-refractivity contribution is -0.122. The molecule has 0 saturated carbocycles. The number of amides is 1. The molecule has 3 rings (SSSR count). The second-order valence-electron chi connectivity index (χ2n) is 7.28. The molecule has 1 saturated heterocycles. The maximum atomic E-state index is 11.4. The van der Waals surface area contributed by atoms with Crippen LogP contribution in [0.3, 0.4) is 0 Å². The van der Waals surface area contributed by atoms with E-state index in [4.69, 9.17) is 10.5 Å². The van der Waals surface area contributed by atoms with E-state index in [-0.39, 0.29) is 35.8 Å². The highest BCUT2D eigenvalue weighted by molar-refractivity contribution is 14.0. The van der Waals surface area contributed by atoms with Crippen LogP contribution in [0.1, 0.15) is 24.0 Å². The number of benzene rings is 1. The highest BCUT2D eigenvalue weighted by atomic mass is 127. The highest BCUT2D eigenvalue weighted by Crippen LogP contribution is 2.24. The summed E-state index contributed by atoms with van der Waals surface area (Å²) >= 11 is 0. The van der Waals surface area contributed by atoms with Gasteiger partial charge in [0.2, 0.25) is 5.91 Å². The number of piperidine rings is 1. The minimum Gasteiger partial charge on any atom is -0.497 e. The Balaban J connectivity index is 0.00000341. The van der Waals surface area contributed by atoms with Gasteiger partial charge in [0, 0.05) is 50.9 Å². The summed E-state index contributed by atoms with van der Waals surface area (Å²) < 4.78 is 5.19. The predicted molar refractivity (Wildman–Crippen MR) is 134 cm³/mol. The van der Waals surface area contributed by atoms with Crippen molar-refractivity contribution in [3.63, 3.8) is 0 Å². The van der Waals surface area contributed by atoms with Gasteiger partial charge in [0.05, 0.1) is 7.11 Å². The summed E-state index contributed by atoms with van der Waals surface area (Å²) in [4.78, 5) is 22.5. The van der Waals surface area contributed by atoms with E-state index in [0.717, 1.165) is 48.6 Å². The first-order valence-electron chi connectivity index (χ1n) is 10.2. The lowest BCUT2D eigenvalue weighted by Gasteiger charge is -2.32. The van der Waals surface area contributed by atoms with Gasteiger partial charge in [-0.05, 0) is 36.6 Å². The Morgan fingerprint density at radius 2 is 1.87 bits per heavy atom. The van der Waals surface area contributed by atoms with Crippen LogP contribution in [0.25, 0.3) is 0 Å². The number of nitrogens with zero attached hydrogens (tertiary/aromatic N) is 3. The van der Waals surface area contributed by atoms with Crippen LogP contribution in [0, 0.1) is 5.92 Å². The monoisotopic (exact) mass is 538 g/mol. The van der Waals surface area contributed by atoms with Gasteiger partial charge in [-0.15, -0.1) is 24.0 Å². The summed E-state index contributed by atoms with van der Waals surface area (Å²) in [5.41, 5.74) is 7.68.